The number of hydrogen-bond acceptors (Lipinski definition) is 4. The van der Waals surface area contributed by atoms with E-state index in [2.05, 4.69) is 15.9 Å². The lowest BCUT2D eigenvalue weighted by atomic mass is 10.1. The van der Waals surface area contributed by atoms with Gasteiger partial charge in [-0.2, -0.15) is 0 Å². The zero-order valence-electron chi connectivity index (χ0n) is 15.8. The molecule has 0 unspecified atom stereocenters. The summed E-state index contributed by atoms with van der Waals surface area (Å²) in [5.41, 5.74) is 1.54. The molecule has 0 radical (unpaired) electrons. The quantitative estimate of drug-likeness (QED) is 0.457. The molecule has 1 atom stereocenters. The molecule has 3 aromatic rings. The van der Waals surface area contributed by atoms with Crippen LogP contribution in [0.5, 0.6) is 0 Å². The molecule has 0 heterocycles. The first-order valence-corrected chi connectivity index (χ1v) is 13.0. The van der Waals surface area contributed by atoms with Gasteiger partial charge in [0, 0.05) is 4.47 Å². The molecule has 7 heteroatoms. The molecule has 29 heavy (non-hydrogen) atoms. The Morgan fingerprint density at radius 1 is 0.759 bits per heavy atom. The van der Waals surface area contributed by atoms with E-state index < -0.39 is 24.9 Å². The Balaban J connectivity index is 1.95. The Morgan fingerprint density at radius 2 is 1.31 bits per heavy atom. The van der Waals surface area contributed by atoms with Crippen molar-refractivity contribution in [3.05, 3.63) is 94.5 Å². The fourth-order valence-corrected chi connectivity index (χ4v) is 6.62. The summed E-state index contributed by atoms with van der Waals surface area (Å²) in [5, 5.41) is -0.948. The smallest absolute Gasteiger partial charge is 0.185 e. The first kappa shape index (κ1) is 21.7. The summed E-state index contributed by atoms with van der Waals surface area (Å²) in [6.07, 6.45) is -0.0291. The van der Waals surface area contributed by atoms with Gasteiger partial charge < -0.3 is 0 Å². The lowest BCUT2D eigenvalue weighted by molar-refractivity contribution is 0.574. The molecular weight excluding hydrogens is 472 g/mol. The van der Waals surface area contributed by atoms with E-state index in [4.69, 9.17) is 0 Å². The predicted octanol–water partition coefficient (Wildman–Crippen LogP) is 5.14. The molecule has 0 aliphatic rings. The van der Waals surface area contributed by atoms with E-state index in [1.54, 1.807) is 66.7 Å². The Hall–Kier alpha value is -1.96. The molecule has 152 valence electrons. The van der Waals surface area contributed by atoms with Crippen molar-refractivity contribution < 1.29 is 16.8 Å². The third-order valence-corrected chi connectivity index (χ3v) is 9.20. The lowest BCUT2D eigenvalue weighted by Gasteiger charge is -2.19. The minimum Gasteiger partial charge on any atom is -0.224 e. The van der Waals surface area contributed by atoms with Gasteiger partial charge in [-0.25, -0.2) is 16.8 Å². The Morgan fingerprint density at radius 3 is 1.90 bits per heavy atom. The molecule has 3 aromatic carbocycles. The van der Waals surface area contributed by atoms with Crippen LogP contribution in [0, 0.1) is 6.92 Å². The summed E-state index contributed by atoms with van der Waals surface area (Å²) in [4.78, 5) is 0.373. The van der Waals surface area contributed by atoms with Crippen LogP contribution >= 0.6 is 15.9 Å². The van der Waals surface area contributed by atoms with E-state index >= 15 is 0 Å². The van der Waals surface area contributed by atoms with Gasteiger partial charge in [0.1, 0.15) is 0 Å². The maximum atomic E-state index is 13.3. The highest BCUT2D eigenvalue weighted by atomic mass is 79.9. The van der Waals surface area contributed by atoms with Gasteiger partial charge >= 0.3 is 0 Å². The van der Waals surface area contributed by atoms with Crippen LogP contribution in [0.3, 0.4) is 0 Å². The maximum absolute atomic E-state index is 13.3. The van der Waals surface area contributed by atoms with Crippen LogP contribution in [0.1, 0.15) is 22.8 Å². The van der Waals surface area contributed by atoms with Gasteiger partial charge in [0.2, 0.25) is 0 Å². The van der Waals surface area contributed by atoms with Gasteiger partial charge in [0.25, 0.3) is 0 Å². The number of hydrogen-bond donors (Lipinski definition) is 0. The molecular formula is C22H21BrO4S2. The van der Waals surface area contributed by atoms with Crippen molar-refractivity contribution in [2.45, 2.75) is 28.4 Å². The zero-order valence-corrected chi connectivity index (χ0v) is 19.0. The van der Waals surface area contributed by atoms with Crippen molar-refractivity contribution in [1.82, 2.24) is 0 Å². The Labute approximate surface area is 180 Å². The third kappa shape index (κ3) is 5.15. The van der Waals surface area contributed by atoms with Crippen molar-refractivity contribution in [1.29, 1.82) is 0 Å². The molecule has 3 rings (SSSR count). The van der Waals surface area contributed by atoms with Crippen LogP contribution in [-0.4, -0.2) is 22.6 Å². The van der Waals surface area contributed by atoms with E-state index in [0.717, 1.165) is 10.0 Å². The molecule has 0 N–H and O–H groups in total. The second kappa shape index (κ2) is 8.81. The van der Waals surface area contributed by atoms with Crippen molar-refractivity contribution >= 4 is 35.6 Å². The molecule has 4 nitrogen and oxygen atoms in total. The largest absolute Gasteiger partial charge is 0.224 e. The monoisotopic (exact) mass is 492 g/mol. The third-order valence-electron chi connectivity index (χ3n) is 4.72. The van der Waals surface area contributed by atoms with Crippen LogP contribution in [0.4, 0.5) is 0 Å². The van der Waals surface area contributed by atoms with Gasteiger partial charge in [0.05, 0.1) is 20.8 Å². The summed E-state index contributed by atoms with van der Waals surface area (Å²) in [6.45, 7) is 1.88. The minimum atomic E-state index is -3.75. The van der Waals surface area contributed by atoms with Gasteiger partial charge in [-0.1, -0.05) is 64.0 Å². The van der Waals surface area contributed by atoms with Crippen molar-refractivity contribution in [3.8, 4) is 0 Å². The first-order valence-electron chi connectivity index (χ1n) is 9.04. The fraction of sp³-hybridized carbons (Fsp3) is 0.182. The fourth-order valence-electron chi connectivity index (χ4n) is 3.08. The van der Waals surface area contributed by atoms with Crippen molar-refractivity contribution in [2.24, 2.45) is 0 Å². The second-order valence-electron chi connectivity index (χ2n) is 6.82. The number of benzene rings is 3. The standard InChI is InChI=1S/C22H21BrO4S2/c1-17-7-11-21(12-8-17)29(26,27)22(18-5-3-2-4-6-18)15-16-28(24,25)20-13-9-19(23)10-14-20/h2-14,22H,15-16H2,1H3/t22-/m0/s1. The van der Waals surface area contributed by atoms with Crippen molar-refractivity contribution in [3.63, 3.8) is 0 Å². The number of halogens is 1. The predicted molar refractivity (Wildman–Crippen MR) is 118 cm³/mol. The molecule has 0 bridgehead atoms. The molecule has 0 fully saturated rings. The average Bonchev–Trinajstić information content (AvgIpc) is 2.69. The Kier molecular flexibility index (Phi) is 6.61. The Bertz CT molecular complexity index is 1170. The first-order chi connectivity index (χ1) is 13.7. The molecule has 0 saturated carbocycles. The van der Waals surface area contributed by atoms with Gasteiger partial charge in [-0.05, 0) is 55.3 Å². The van der Waals surface area contributed by atoms with Gasteiger partial charge in [-0.15, -0.1) is 0 Å². The minimum absolute atomic E-state index is 0.0291. The molecule has 0 amide bonds. The van der Waals surface area contributed by atoms with Crippen LogP contribution < -0.4 is 0 Å². The highest BCUT2D eigenvalue weighted by Crippen LogP contribution is 2.33. The molecule has 0 aliphatic carbocycles. The summed E-state index contributed by atoms with van der Waals surface area (Å²) in [6, 6.07) is 21.8. The molecule has 0 aliphatic heterocycles. The average molecular weight is 493 g/mol. The normalized spacial score (nSPS) is 13.2. The van der Waals surface area contributed by atoms with Gasteiger partial charge in [0.15, 0.2) is 19.7 Å². The molecule has 0 aromatic heterocycles. The summed E-state index contributed by atoms with van der Waals surface area (Å²) >= 11 is 3.29. The highest BCUT2D eigenvalue weighted by Gasteiger charge is 2.31. The molecule has 0 saturated heterocycles. The lowest BCUT2D eigenvalue weighted by Crippen LogP contribution is -2.18. The molecule has 0 spiro atoms. The van der Waals surface area contributed by atoms with Crippen molar-refractivity contribution in [2.75, 3.05) is 5.75 Å². The van der Waals surface area contributed by atoms with Crippen LogP contribution in [0.15, 0.2) is 93.1 Å². The van der Waals surface area contributed by atoms with Crippen LogP contribution in [0.2, 0.25) is 0 Å². The number of aryl methyl sites for hydroxylation is 1. The summed E-state index contributed by atoms with van der Waals surface area (Å²) in [7, 11) is -7.37. The van der Waals surface area contributed by atoms with E-state index in [0.29, 0.717) is 5.56 Å². The van der Waals surface area contributed by atoms with E-state index in [1.807, 2.05) is 6.92 Å². The van der Waals surface area contributed by atoms with E-state index in [1.165, 1.54) is 12.1 Å². The SMILES string of the molecule is Cc1ccc(S(=O)(=O)[C@@H](CCS(=O)(=O)c2ccc(Br)cc2)c2ccccc2)cc1. The maximum Gasteiger partial charge on any atom is 0.185 e. The number of rotatable bonds is 7. The highest BCUT2D eigenvalue weighted by molar-refractivity contribution is 9.10. The number of sulfone groups is 2. The summed E-state index contributed by atoms with van der Waals surface area (Å²) in [5.74, 6) is -0.265. The topological polar surface area (TPSA) is 68.3 Å². The van der Waals surface area contributed by atoms with E-state index in [-0.39, 0.29) is 22.0 Å². The second-order valence-corrected chi connectivity index (χ2v) is 12.0. The van der Waals surface area contributed by atoms with Crippen LogP contribution in [-0.2, 0) is 19.7 Å². The van der Waals surface area contributed by atoms with E-state index in [9.17, 15) is 16.8 Å². The summed E-state index contributed by atoms with van der Waals surface area (Å²) < 4.78 is 53.0. The zero-order chi connectivity index (χ0) is 21.1. The van der Waals surface area contributed by atoms with Gasteiger partial charge in [-0.3, -0.25) is 0 Å². The van der Waals surface area contributed by atoms with Crippen LogP contribution in [0.25, 0.3) is 0 Å².